The van der Waals surface area contributed by atoms with Crippen LogP contribution in [0.3, 0.4) is 0 Å². The smallest absolute Gasteiger partial charge is 0.251 e. The van der Waals surface area contributed by atoms with Gasteiger partial charge in [-0.25, -0.2) is 0 Å². The van der Waals surface area contributed by atoms with Crippen LogP contribution in [0, 0.1) is 0 Å². The van der Waals surface area contributed by atoms with Crippen LogP contribution in [-0.4, -0.2) is 19.1 Å². The number of carbonyl (C=O) groups excluding carboxylic acids is 1. The Labute approximate surface area is 150 Å². The van der Waals surface area contributed by atoms with Crippen molar-refractivity contribution in [3.8, 4) is 5.75 Å². The average molecular weight is 341 g/mol. The van der Waals surface area contributed by atoms with Crippen LogP contribution in [0.15, 0.2) is 48.5 Å². The molecule has 4 nitrogen and oxygen atoms in total. The summed E-state index contributed by atoms with van der Waals surface area (Å²) in [6, 6.07) is 15.6. The largest absolute Gasteiger partial charge is 0.496 e. The lowest BCUT2D eigenvalue weighted by Gasteiger charge is -2.15. The molecule has 0 radical (unpaired) electrons. The second-order valence-corrected chi connectivity index (χ2v) is 6.17. The second-order valence-electron chi connectivity index (χ2n) is 6.17. The monoisotopic (exact) mass is 341 g/mol. The van der Waals surface area contributed by atoms with E-state index in [1.54, 1.807) is 13.2 Å². The van der Waals surface area contributed by atoms with E-state index in [-0.39, 0.29) is 11.9 Å². The first-order chi connectivity index (χ1) is 12.1. The van der Waals surface area contributed by atoms with Crippen LogP contribution in [0.2, 0.25) is 0 Å². The zero-order valence-electron chi connectivity index (χ0n) is 15.2. The summed E-state index contributed by atoms with van der Waals surface area (Å²) in [5.41, 5.74) is 2.61. The molecule has 0 aliphatic carbocycles. The minimum atomic E-state index is -0.0621. The Kier molecular flexibility index (Phi) is 7.48. The quantitative estimate of drug-likeness (QED) is 0.738. The molecule has 0 aromatic heterocycles. The number of hydrogen-bond donors (Lipinski definition) is 1. The van der Waals surface area contributed by atoms with Crippen molar-refractivity contribution in [2.75, 3.05) is 7.11 Å². The normalized spacial score (nSPS) is 11.8. The number of amides is 1. The second kappa shape index (κ2) is 9.84. The van der Waals surface area contributed by atoms with Crippen molar-refractivity contribution in [1.82, 2.24) is 5.32 Å². The fourth-order valence-electron chi connectivity index (χ4n) is 2.70. The van der Waals surface area contributed by atoms with E-state index in [2.05, 4.69) is 12.2 Å². The van der Waals surface area contributed by atoms with Gasteiger partial charge in [-0.05, 0) is 37.1 Å². The first-order valence-corrected chi connectivity index (χ1v) is 8.73. The van der Waals surface area contributed by atoms with Crippen LogP contribution in [0.4, 0.5) is 0 Å². The molecule has 0 saturated heterocycles. The van der Waals surface area contributed by atoms with Gasteiger partial charge in [0, 0.05) is 17.2 Å². The number of methoxy groups -OCH3 is 1. The standard InChI is InChI=1S/C21H27NO3/c1-4-8-16(2)22-21(23)18-11-12-20(24-3)19(13-18)15-25-14-17-9-6-5-7-10-17/h5-7,9-13,16H,4,8,14-15H2,1-3H3,(H,22,23). The predicted molar refractivity (Wildman–Crippen MR) is 99.8 cm³/mol. The van der Waals surface area contributed by atoms with E-state index >= 15 is 0 Å². The molecular weight excluding hydrogens is 314 g/mol. The fourth-order valence-corrected chi connectivity index (χ4v) is 2.70. The number of ether oxygens (including phenoxy) is 2. The molecule has 0 bridgehead atoms. The summed E-state index contributed by atoms with van der Waals surface area (Å²) in [5.74, 6) is 0.666. The SMILES string of the molecule is CCCC(C)NC(=O)c1ccc(OC)c(COCc2ccccc2)c1. The maximum Gasteiger partial charge on any atom is 0.251 e. The van der Waals surface area contributed by atoms with Gasteiger partial charge in [0.05, 0.1) is 20.3 Å². The van der Waals surface area contributed by atoms with Gasteiger partial charge in [-0.2, -0.15) is 0 Å². The summed E-state index contributed by atoms with van der Waals surface area (Å²) < 4.78 is 11.2. The Morgan fingerprint density at radius 3 is 2.56 bits per heavy atom. The molecule has 25 heavy (non-hydrogen) atoms. The van der Waals surface area contributed by atoms with E-state index in [4.69, 9.17) is 9.47 Å². The number of rotatable bonds is 9. The van der Waals surface area contributed by atoms with Gasteiger partial charge in [-0.15, -0.1) is 0 Å². The molecule has 0 spiro atoms. The van der Waals surface area contributed by atoms with Crippen molar-refractivity contribution >= 4 is 5.91 Å². The van der Waals surface area contributed by atoms with Crippen molar-refractivity contribution in [2.24, 2.45) is 0 Å². The van der Waals surface area contributed by atoms with E-state index in [1.165, 1.54) is 0 Å². The third-order valence-corrected chi connectivity index (χ3v) is 4.01. The summed E-state index contributed by atoms with van der Waals surface area (Å²) in [4.78, 5) is 12.4. The number of benzene rings is 2. The first-order valence-electron chi connectivity index (χ1n) is 8.73. The minimum absolute atomic E-state index is 0.0621. The molecule has 2 aromatic carbocycles. The molecule has 1 atom stereocenters. The third kappa shape index (κ3) is 5.91. The van der Waals surface area contributed by atoms with Gasteiger partial charge in [0.1, 0.15) is 5.75 Å². The third-order valence-electron chi connectivity index (χ3n) is 4.01. The van der Waals surface area contributed by atoms with Crippen LogP contribution in [0.5, 0.6) is 5.75 Å². The Balaban J connectivity index is 2.02. The minimum Gasteiger partial charge on any atom is -0.496 e. The van der Waals surface area contributed by atoms with Gasteiger partial charge in [0.15, 0.2) is 0 Å². The molecule has 0 saturated carbocycles. The number of hydrogen-bond acceptors (Lipinski definition) is 3. The van der Waals surface area contributed by atoms with Gasteiger partial charge < -0.3 is 14.8 Å². The Hall–Kier alpha value is -2.33. The van der Waals surface area contributed by atoms with E-state index in [0.717, 1.165) is 29.7 Å². The summed E-state index contributed by atoms with van der Waals surface area (Å²) >= 11 is 0. The van der Waals surface area contributed by atoms with Gasteiger partial charge in [0.25, 0.3) is 5.91 Å². The lowest BCUT2D eigenvalue weighted by atomic mass is 10.1. The Morgan fingerprint density at radius 2 is 1.88 bits per heavy atom. The molecule has 1 unspecified atom stereocenters. The molecule has 0 fully saturated rings. The predicted octanol–water partition coefficient (Wildman–Crippen LogP) is 4.33. The van der Waals surface area contributed by atoms with Crippen molar-refractivity contribution in [2.45, 2.75) is 45.9 Å². The first kappa shape index (κ1) is 19.0. The molecule has 1 N–H and O–H groups in total. The van der Waals surface area contributed by atoms with Crippen LogP contribution < -0.4 is 10.1 Å². The maximum absolute atomic E-state index is 12.4. The summed E-state index contributed by atoms with van der Waals surface area (Å²) in [6.07, 6.45) is 2.01. The Bertz CT molecular complexity index is 670. The highest BCUT2D eigenvalue weighted by molar-refractivity contribution is 5.94. The fraction of sp³-hybridized carbons (Fsp3) is 0.381. The van der Waals surface area contributed by atoms with Crippen LogP contribution in [-0.2, 0) is 18.0 Å². The summed E-state index contributed by atoms with van der Waals surface area (Å²) in [6.45, 7) is 5.05. The van der Waals surface area contributed by atoms with Crippen LogP contribution in [0.25, 0.3) is 0 Å². The van der Waals surface area contributed by atoms with Crippen LogP contribution in [0.1, 0.15) is 48.2 Å². The molecule has 134 valence electrons. The van der Waals surface area contributed by atoms with Crippen molar-refractivity contribution in [3.63, 3.8) is 0 Å². The number of nitrogens with one attached hydrogen (secondary N) is 1. The van der Waals surface area contributed by atoms with E-state index in [1.807, 2.05) is 49.4 Å². The Morgan fingerprint density at radius 1 is 1.12 bits per heavy atom. The van der Waals surface area contributed by atoms with E-state index in [0.29, 0.717) is 18.8 Å². The van der Waals surface area contributed by atoms with E-state index < -0.39 is 0 Å². The highest BCUT2D eigenvalue weighted by Crippen LogP contribution is 2.21. The van der Waals surface area contributed by atoms with E-state index in [9.17, 15) is 4.79 Å². The van der Waals surface area contributed by atoms with Gasteiger partial charge >= 0.3 is 0 Å². The van der Waals surface area contributed by atoms with Crippen molar-refractivity contribution in [3.05, 3.63) is 65.2 Å². The highest BCUT2D eigenvalue weighted by atomic mass is 16.5. The zero-order chi connectivity index (χ0) is 18.1. The molecule has 0 aliphatic heterocycles. The van der Waals surface area contributed by atoms with Crippen molar-refractivity contribution in [1.29, 1.82) is 0 Å². The average Bonchev–Trinajstić information content (AvgIpc) is 2.62. The molecule has 1 amide bonds. The molecule has 4 heteroatoms. The summed E-state index contributed by atoms with van der Waals surface area (Å²) in [5, 5.41) is 3.02. The van der Waals surface area contributed by atoms with Crippen molar-refractivity contribution < 1.29 is 14.3 Å². The van der Waals surface area contributed by atoms with Gasteiger partial charge in [-0.1, -0.05) is 43.7 Å². The van der Waals surface area contributed by atoms with Gasteiger partial charge in [0.2, 0.25) is 0 Å². The molecule has 0 heterocycles. The highest BCUT2D eigenvalue weighted by Gasteiger charge is 2.12. The molecule has 2 rings (SSSR count). The molecule has 2 aromatic rings. The van der Waals surface area contributed by atoms with Crippen LogP contribution >= 0.6 is 0 Å². The zero-order valence-corrected chi connectivity index (χ0v) is 15.2. The topological polar surface area (TPSA) is 47.6 Å². The molecule has 0 aliphatic rings. The van der Waals surface area contributed by atoms with Gasteiger partial charge in [-0.3, -0.25) is 4.79 Å². The maximum atomic E-state index is 12.4. The molecular formula is C21H27NO3. The lowest BCUT2D eigenvalue weighted by Crippen LogP contribution is -2.32. The number of carbonyl (C=O) groups is 1. The summed E-state index contributed by atoms with van der Waals surface area (Å²) in [7, 11) is 1.62. The lowest BCUT2D eigenvalue weighted by molar-refractivity contribution is 0.0936.